The molecule has 1 aromatic carbocycles. The number of aromatic nitrogens is 1. The van der Waals surface area contributed by atoms with Gasteiger partial charge in [0.15, 0.2) is 5.96 Å². The van der Waals surface area contributed by atoms with Gasteiger partial charge >= 0.3 is 0 Å². The highest BCUT2D eigenvalue weighted by Gasteiger charge is 2.20. The van der Waals surface area contributed by atoms with Gasteiger partial charge in [-0.25, -0.2) is 4.39 Å². The number of hydrogen-bond donors (Lipinski definition) is 4. The van der Waals surface area contributed by atoms with Crippen molar-refractivity contribution < 1.29 is 9.18 Å². The zero-order valence-corrected chi connectivity index (χ0v) is 15.9. The minimum Gasteiger partial charge on any atom is -0.361 e. The van der Waals surface area contributed by atoms with Crippen LogP contribution in [-0.4, -0.2) is 43.5 Å². The van der Waals surface area contributed by atoms with E-state index in [0.29, 0.717) is 25.6 Å². The molecule has 0 spiro atoms. The molecule has 0 aliphatic carbocycles. The molecule has 26 heavy (non-hydrogen) atoms. The molecule has 0 saturated heterocycles. The van der Waals surface area contributed by atoms with E-state index in [0.717, 1.165) is 22.9 Å². The summed E-state index contributed by atoms with van der Waals surface area (Å²) in [5.41, 5.74) is 1.54. The van der Waals surface area contributed by atoms with Crippen LogP contribution in [0.3, 0.4) is 0 Å². The fourth-order valence-electron chi connectivity index (χ4n) is 2.52. The van der Waals surface area contributed by atoms with Gasteiger partial charge in [0.05, 0.1) is 0 Å². The van der Waals surface area contributed by atoms with Gasteiger partial charge in [0.2, 0.25) is 5.91 Å². The summed E-state index contributed by atoms with van der Waals surface area (Å²) in [6, 6.07) is 4.76. The van der Waals surface area contributed by atoms with E-state index in [4.69, 9.17) is 0 Å². The van der Waals surface area contributed by atoms with Crippen LogP contribution < -0.4 is 16.0 Å². The highest BCUT2D eigenvalue weighted by atomic mass is 19.1. The van der Waals surface area contributed by atoms with Crippen LogP contribution in [0, 0.1) is 11.2 Å². The second-order valence-corrected chi connectivity index (χ2v) is 7.19. The molecule has 2 aromatic rings. The van der Waals surface area contributed by atoms with Gasteiger partial charge < -0.3 is 20.9 Å². The van der Waals surface area contributed by atoms with E-state index in [9.17, 15) is 9.18 Å². The van der Waals surface area contributed by atoms with Gasteiger partial charge in [-0.05, 0) is 30.2 Å². The van der Waals surface area contributed by atoms with Crippen LogP contribution >= 0.6 is 0 Å². The Labute approximate surface area is 153 Å². The molecule has 0 radical (unpaired) electrons. The molecule has 0 atom stereocenters. The summed E-state index contributed by atoms with van der Waals surface area (Å²) in [6.45, 7) is 7.47. The zero-order valence-electron chi connectivity index (χ0n) is 15.9. The number of hydrogen-bond acceptors (Lipinski definition) is 2. The molecule has 1 aromatic heterocycles. The van der Waals surface area contributed by atoms with Gasteiger partial charge in [-0.1, -0.05) is 20.8 Å². The summed E-state index contributed by atoms with van der Waals surface area (Å²) in [4.78, 5) is 19.1. The van der Waals surface area contributed by atoms with E-state index in [1.165, 1.54) is 12.1 Å². The fraction of sp³-hybridized carbons (Fsp3) is 0.474. The molecule has 0 aliphatic heterocycles. The number of aromatic amines is 1. The Bertz CT molecular complexity index is 776. The lowest BCUT2D eigenvalue weighted by molar-refractivity contribution is -0.128. The number of benzene rings is 1. The van der Waals surface area contributed by atoms with Crippen molar-refractivity contribution >= 4 is 22.8 Å². The lowest BCUT2D eigenvalue weighted by Gasteiger charge is -2.18. The second kappa shape index (κ2) is 8.69. The van der Waals surface area contributed by atoms with Crippen LogP contribution in [0.2, 0.25) is 0 Å². The van der Waals surface area contributed by atoms with E-state index in [1.54, 1.807) is 13.1 Å². The first-order chi connectivity index (χ1) is 12.3. The number of aliphatic imine (C=N–C) groups is 1. The Morgan fingerprint density at radius 2 is 1.85 bits per heavy atom. The third kappa shape index (κ3) is 5.47. The van der Waals surface area contributed by atoms with Crippen molar-refractivity contribution in [3.05, 3.63) is 35.8 Å². The van der Waals surface area contributed by atoms with Crippen LogP contribution in [-0.2, 0) is 11.2 Å². The Hall–Kier alpha value is -2.57. The summed E-state index contributed by atoms with van der Waals surface area (Å²) >= 11 is 0. The van der Waals surface area contributed by atoms with Gasteiger partial charge in [-0.2, -0.15) is 0 Å². The number of nitrogens with zero attached hydrogens (tertiary/aromatic N) is 1. The predicted octanol–water partition coefficient (Wildman–Crippen LogP) is 2.18. The molecule has 0 aliphatic rings. The monoisotopic (exact) mass is 361 g/mol. The normalized spacial score (nSPS) is 12.3. The predicted molar refractivity (Wildman–Crippen MR) is 104 cm³/mol. The Kier molecular flexibility index (Phi) is 6.60. The maximum atomic E-state index is 13.2. The lowest BCUT2D eigenvalue weighted by Crippen LogP contribution is -2.43. The average Bonchev–Trinajstić information content (AvgIpc) is 2.97. The zero-order chi connectivity index (χ0) is 19.2. The molecule has 6 nitrogen and oxygen atoms in total. The van der Waals surface area contributed by atoms with Crippen molar-refractivity contribution in [2.75, 3.05) is 26.7 Å². The summed E-state index contributed by atoms with van der Waals surface area (Å²) in [6.07, 6.45) is 2.69. The summed E-state index contributed by atoms with van der Waals surface area (Å²) in [5.74, 6) is 0.464. The van der Waals surface area contributed by atoms with Crippen molar-refractivity contribution in [1.29, 1.82) is 0 Å². The average molecular weight is 361 g/mol. The molecule has 0 saturated carbocycles. The SMILES string of the molecule is CN=C(NCCNC(=O)C(C)(C)C)NCCc1c[nH]c2cc(F)ccc12. The van der Waals surface area contributed by atoms with Crippen LogP contribution in [0.4, 0.5) is 4.39 Å². The molecule has 1 amide bonds. The first-order valence-corrected chi connectivity index (χ1v) is 8.79. The van der Waals surface area contributed by atoms with E-state index in [1.807, 2.05) is 27.0 Å². The topological polar surface area (TPSA) is 81.3 Å². The first kappa shape index (κ1) is 19.8. The van der Waals surface area contributed by atoms with Crippen LogP contribution in [0.5, 0.6) is 0 Å². The number of carbonyl (C=O) groups excluding carboxylic acids is 1. The highest BCUT2D eigenvalue weighted by Crippen LogP contribution is 2.19. The van der Waals surface area contributed by atoms with Crippen molar-refractivity contribution in [1.82, 2.24) is 20.9 Å². The third-order valence-electron chi connectivity index (χ3n) is 4.02. The fourth-order valence-corrected chi connectivity index (χ4v) is 2.52. The largest absolute Gasteiger partial charge is 0.361 e. The standard InChI is InChI=1S/C19H28FN5O/c1-19(2,3)17(26)22-9-10-24-18(21-4)23-8-7-13-12-25-16-11-14(20)5-6-15(13)16/h5-6,11-12,25H,7-10H2,1-4H3,(H,22,26)(H2,21,23,24). The summed E-state index contributed by atoms with van der Waals surface area (Å²) in [5, 5.41) is 10.3. The Morgan fingerprint density at radius 1 is 1.15 bits per heavy atom. The lowest BCUT2D eigenvalue weighted by atomic mass is 9.96. The molecule has 142 valence electrons. The Morgan fingerprint density at radius 3 is 2.54 bits per heavy atom. The van der Waals surface area contributed by atoms with Crippen molar-refractivity contribution in [3.8, 4) is 0 Å². The van der Waals surface area contributed by atoms with Crippen LogP contribution in [0.25, 0.3) is 10.9 Å². The van der Waals surface area contributed by atoms with E-state index in [-0.39, 0.29) is 17.1 Å². The van der Waals surface area contributed by atoms with Gasteiger partial charge in [0.25, 0.3) is 0 Å². The van der Waals surface area contributed by atoms with Gasteiger partial charge in [0.1, 0.15) is 5.82 Å². The van der Waals surface area contributed by atoms with Crippen LogP contribution in [0.1, 0.15) is 26.3 Å². The number of rotatable bonds is 6. The van der Waals surface area contributed by atoms with E-state index >= 15 is 0 Å². The number of guanidine groups is 1. The van der Waals surface area contributed by atoms with Gasteiger partial charge in [-0.3, -0.25) is 9.79 Å². The molecule has 1 heterocycles. The minimum absolute atomic E-state index is 0.0259. The molecular weight excluding hydrogens is 333 g/mol. The number of nitrogens with one attached hydrogen (secondary N) is 4. The molecular formula is C19H28FN5O. The van der Waals surface area contributed by atoms with Crippen LogP contribution in [0.15, 0.2) is 29.4 Å². The second-order valence-electron chi connectivity index (χ2n) is 7.19. The number of amides is 1. The molecule has 4 N–H and O–H groups in total. The van der Waals surface area contributed by atoms with Crippen molar-refractivity contribution in [2.45, 2.75) is 27.2 Å². The number of carbonyl (C=O) groups is 1. The molecule has 7 heteroatoms. The maximum Gasteiger partial charge on any atom is 0.225 e. The smallest absolute Gasteiger partial charge is 0.225 e. The minimum atomic E-state index is -0.387. The van der Waals surface area contributed by atoms with Crippen molar-refractivity contribution in [3.63, 3.8) is 0 Å². The highest BCUT2D eigenvalue weighted by molar-refractivity contribution is 5.84. The van der Waals surface area contributed by atoms with E-state index < -0.39 is 0 Å². The number of halogens is 1. The third-order valence-corrected chi connectivity index (χ3v) is 4.02. The van der Waals surface area contributed by atoms with E-state index in [2.05, 4.69) is 25.9 Å². The number of H-pyrrole nitrogens is 1. The molecule has 2 rings (SSSR count). The van der Waals surface area contributed by atoms with Gasteiger partial charge in [0, 0.05) is 49.2 Å². The summed E-state index contributed by atoms with van der Waals surface area (Å²) < 4.78 is 13.2. The summed E-state index contributed by atoms with van der Waals surface area (Å²) in [7, 11) is 1.71. The number of fused-ring (bicyclic) bond motifs is 1. The molecule has 0 unspecified atom stereocenters. The maximum absolute atomic E-state index is 13.2. The van der Waals surface area contributed by atoms with Gasteiger partial charge in [-0.15, -0.1) is 0 Å². The van der Waals surface area contributed by atoms with Crippen molar-refractivity contribution in [2.24, 2.45) is 10.4 Å². The quantitative estimate of drug-likeness (QED) is 0.362. The first-order valence-electron chi connectivity index (χ1n) is 8.79. The molecule has 0 fully saturated rings. The molecule has 0 bridgehead atoms. The Balaban J connectivity index is 1.74.